The molecule has 2 aromatic carbocycles. The summed E-state index contributed by atoms with van der Waals surface area (Å²) >= 11 is 0. The predicted octanol–water partition coefficient (Wildman–Crippen LogP) is 2.62. The monoisotopic (exact) mass is 450 g/mol. The number of carbonyl (C=O) groups excluding carboxylic acids is 2. The van der Waals surface area contributed by atoms with Crippen LogP contribution in [0.3, 0.4) is 0 Å². The highest BCUT2D eigenvalue weighted by Gasteiger charge is 2.34. The van der Waals surface area contributed by atoms with Gasteiger partial charge in [0.2, 0.25) is 11.8 Å². The number of anilines is 1. The zero-order chi connectivity index (χ0) is 23.3. The van der Waals surface area contributed by atoms with Gasteiger partial charge in [0.25, 0.3) is 5.69 Å². The van der Waals surface area contributed by atoms with E-state index >= 15 is 0 Å². The van der Waals surface area contributed by atoms with Crippen LogP contribution >= 0.6 is 0 Å². The van der Waals surface area contributed by atoms with Gasteiger partial charge >= 0.3 is 6.18 Å². The molecule has 2 amide bonds. The number of benzene rings is 2. The molecule has 2 aromatic rings. The van der Waals surface area contributed by atoms with Crippen molar-refractivity contribution in [1.82, 2.24) is 10.2 Å². The number of alkyl halides is 3. The number of piperazine rings is 1. The molecule has 1 fully saturated rings. The van der Waals surface area contributed by atoms with E-state index in [0.29, 0.717) is 6.07 Å². The number of carbonyl (C=O) groups is 2. The van der Waals surface area contributed by atoms with Crippen LogP contribution < -0.4 is 10.2 Å². The molecule has 8 nitrogen and oxygen atoms in total. The Morgan fingerprint density at radius 3 is 2.28 bits per heavy atom. The van der Waals surface area contributed by atoms with Gasteiger partial charge in [0.05, 0.1) is 23.5 Å². The fourth-order valence-electron chi connectivity index (χ4n) is 3.44. The van der Waals surface area contributed by atoms with Crippen LogP contribution in [0.2, 0.25) is 0 Å². The van der Waals surface area contributed by atoms with Crippen molar-refractivity contribution in [2.75, 3.05) is 37.6 Å². The van der Waals surface area contributed by atoms with Crippen LogP contribution in [0.4, 0.5) is 24.5 Å². The molecule has 0 saturated carbocycles. The van der Waals surface area contributed by atoms with Gasteiger partial charge in [-0.15, -0.1) is 0 Å². The minimum absolute atomic E-state index is 0.0752. The number of nitro groups is 1. The Morgan fingerprint density at radius 2 is 1.69 bits per heavy atom. The normalized spacial score (nSPS) is 14.2. The molecule has 1 heterocycles. The van der Waals surface area contributed by atoms with E-state index < -0.39 is 22.4 Å². The van der Waals surface area contributed by atoms with Crippen molar-refractivity contribution in [3.8, 4) is 0 Å². The molecule has 0 radical (unpaired) electrons. The number of nitro benzene ring substituents is 1. The lowest BCUT2D eigenvalue weighted by Gasteiger charge is -2.36. The Kier molecular flexibility index (Phi) is 6.96. The largest absolute Gasteiger partial charge is 0.416 e. The van der Waals surface area contributed by atoms with Crippen molar-refractivity contribution in [3.63, 3.8) is 0 Å². The first kappa shape index (κ1) is 23.0. The van der Waals surface area contributed by atoms with Gasteiger partial charge in [-0.1, -0.05) is 30.3 Å². The summed E-state index contributed by atoms with van der Waals surface area (Å²) in [6, 6.07) is 11.5. The second kappa shape index (κ2) is 9.67. The summed E-state index contributed by atoms with van der Waals surface area (Å²) in [5, 5.41) is 13.9. The standard InChI is InChI=1S/C21H21F3N4O4/c22-21(23,24)16-6-7-17(18(13-16)28(31)32)26-8-10-27(11-9-26)20(30)14-25-19(29)12-15-4-2-1-3-5-15/h1-7,13H,8-12,14H2,(H,25,29). The fraction of sp³-hybridized carbons (Fsp3) is 0.333. The highest BCUT2D eigenvalue weighted by atomic mass is 19.4. The number of hydrogen-bond donors (Lipinski definition) is 1. The van der Waals surface area contributed by atoms with Crippen molar-refractivity contribution in [2.24, 2.45) is 0 Å². The molecule has 170 valence electrons. The van der Waals surface area contributed by atoms with Gasteiger partial charge < -0.3 is 15.1 Å². The van der Waals surface area contributed by atoms with Gasteiger partial charge in [-0.2, -0.15) is 13.2 Å². The van der Waals surface area contributed by atoms with Crippen LogP contribution in [0.5, 0.6) is 0 Å². The van der Waals surface area contributed by atoms with Crippen molar-refractivity contribution < 1.29 is 27.7 Å². The average molecular weight is 450 g/mol. The third-order valence-electron chi connectivity index (χ3n) is 5.12. The maximum Gasteiger partial charge on any atom is 0.416 e. The SMILES string of the molecule is O=C(Cc1ccccc1)NCC(=O)N1CCN(c2ccc(C(F)(F)F)cc2[N+](=O)[O-])CC1. The van der Waals surface area contributed by atoms with E-state index in [1.165, 1.54) is 4.90 Å². The topological polar surface area (TPSA) is 95.8 Å². The minimum atomic E-state index is -4.68. The molecule has 32 heavy (non-hydrogen) atoms. The Balaban J connectivity index is 1.55. The van der Waals surface area contributed by atoms with E-state index in [4.69, 9.17) is 0 Å². The number of hydrogen-bond acceptors (Lipinski definition) is 5. The fourth-order valence-corrected chi connectivity index (χ4v) is 3.44. The van der Waals surface area contributed by atoms with Crippen LogP contribution in [0, 0.1) is 10.1 Å². The van der Waals surface area contributed by atoms with Gasteiger partial charge in [0.1, 0.15) is 5.69 Å². The molecular weight excluding hydrogens is 429 g/mol. The highest BCUT2D eigenvalue weighted by Crippen LogP contribution is 2.36. The molecule has 3 rings (SSSR count). The van der Waals surface area contributed by atoms with E-state index in [2.05, 4.69) is 5.32 Å². The smallest absolute Gasteiger partial charge is 0.362 e. The summed E-state index contributed by atoms with van der Waals surface area (Å²) in [5.41, 5.74) is -0.823. The third-order valence-corrected chi connectivity index (χ3v) is 5.12. The maximum absolute atomic E-state index is 12.9. The van der Waals surface area contributed by atoms with Gasteiger partial charge in [-0.3, -0.25) is 19.7 Å². The van der Waals surface area contributed by atoms with Crippen molar-refractivity contribution in [3.05, 3.63) is 69.8 Å². The first-order valence-electron chi connectivity index (χ1n) is 9.84. The van der Waals surface area contributed by atoms with Crippen molar-refractivity contribution in [1.29, 1.82) is 0 Å². The molecule has 1 saturated heterocycles. The lowest BCUT2D eigenvalue weighted by atomic mass is 10.1. The Bertz CT molecular complexity index is 990. The number of nitrogens with zero attached hydrogens (tertiary/aromatic N) is 3. The molecule has 11 heteroatoms. The summed E-state index contributed by atoms with van der Waals surface area (Å²) < 4.78 is 38.7. The Hall–Kier alpha value is -3.63. The van der Waals surface area contributed by atoms with Crippen LogP contribution in [0.15, 0.2) is 48.5 Å². The lowest BCUT2D eigenvalue weighted by molar-refractivity contribution is -0.384. The zero-order valence-electron chi connectivity index (χ0n) is 17.0. The Labute approximate surface area is 181 Å². The zero-order valence-corrected chi connectivity index (χ0v) is 17.0. The summed E-state index contributed by atoms with van der Waals surface area (Å²) in [6.07, 6.45) is -4.53. The average Bonchev–Trinajstić information content (AvgIpc) is 2.77. The van der Waals surface area contributed by atoms with Crippen molar-refractivity contribution >= 4 is 23.2 Å². The van der Waals surface area contributed by atoms with E-state index in [1.54, 1.807) is 17.0 Å². The van der Waals surface area contributed by atoms with Crippen LogP contribution in [-0.4, -0.2) is 54.4 Å². The highest BCUT2D eigenvalue weighted by molar-refractivity contribution is 5.86. The molecule has 0 aromatic heterocycles. The second-order valence-electron chi connectivity index (χ2n) is 7.27. The quantitative estimate of drug-likeness (QED) is 0.539. The number of rotatable bonds is 6. The summed E-state index contributed by atoms with van der Waals surface area (Å²) in [6.45, 7) is 0.717. The first-order valence-corrected chi connectivity index (χ1v) is 9.84. The van der Waals surface area contributed by atoms with Gasteiger partial charge in [-0.25, -0.2) is 0 Å². The van der Waals surface area contributed by atoms with E-state index in [-0.39, 0.29) is 56.6 Å². The van der Waals surface area contributed by atoms with E-state index in [1.807, 2.05) is 18.2 Å². The van der Waals surface area contributed by atoms with Crippen LogP contribution in [-0.2, 0) is 22.2 Å². The maximum atomic E-state index is 12.9. The number of amides is 2. The molecule has 0 spiro atoms. The van der Waals surface area contributed by atoms with Crippen LogP contribution in [0.1, 0.15) is 11.1 Å². The molecule has 1 N–H and O–H groups in total. The number of nitrogens with one attached hydrogen (secondary N) is 1. The molecular formula is C21H21F3N4O4. The second-order valence-corrected chi connectivity index (χ2v) is 7.27. The predicted molar refractivity (Wildman–Crippen MR) is 110 cm³/mol. The molecule has 0 bridgehead atoms. The van der Waals surface area contributed by atoms with E-state index in [9.17, 15) is 32.9 Å². The van der Waals surface area contributed by atoms with E-state index in [0.717, 1.165) is 17.7 Å². The summed E-state index contributed by atoms with van der Waals surface area (Å²) in [5.74, 6) is -0.587. The first-order chi connectivity index (χ1) is 15.1. The molecule has 1 aliphatic heterocycles. The van der Waals surface area contributed by atoms with Gasteiger partial charge in [0.15, 0.2) is 0 Å². The molecule has 0 aliphatic carbocycles. The summed E-state index contributed by atoms with van der Waals surface area (Å²) in [4.78, 5) is 37.9. The third kappa shape index (κ3) is 5.74. The molecule has 0 unspecified atom stereocenters. The van der Waals surface area contributed by atoms with Crippen LogP contribution in [0.25, 0.3) is 0 Å². The minimum Gasteiger partial charge on any atom is -0.362 e. The number of halogens is 3. The van der Waals surface area contributed by atoms with Crippen molar-refractivity contribution in [2.45, 2.75) is 12.6 Å². The summed E-state index contributed by atoms with van der Waals surface area (Å²) in [7, 11) is 0. The molecule has 0 atom stereocenters. The van der Waals surface area contributed by atoms with Gasteiger partial charge in [-0.05, 0) is 17.7 Å². The molecule has 1 aliphatic rings. The Morgan fingerprint density at radius 1 is 1.03 bits per heavy atom. The lowest BCUT2D eigenvalue weighted by Crippen LogP contribution is -2.51. The van der Waals surface area contributed by atoms with Gasteiger partial charge in [0, 0.05) is 32.2 Å².